The van der Waals surface area contributed by atoms with Gasteiger partial charge < -0.3 is 10.8 Å². The van der Waals surface area contributed by atoms with Crippen LogP contribution in [0.5, 0.6) is 0 Å². The lowest BCUT2D eigenvalue weighted by molar-refractivity contribution is -0.147. The van der Waals surface area contributed by atoms with Crippen LogP contribution in [-0.2, 0) is 9.59 Å². The quantitative estimate of drug-likeness (QED) is 0.588. The number of carboxylic acid groups (broad SMARTS) is 1. The van der Waals surface area contributed by atoms with Gasteiger partial charge in [-0.2, -0.15) is 0 Å². The van der Waals surface area contributed by atoms with Gasteiger partial charge in [-0.15, -0.1) is 0 Å². The predicted octanol–water partition coefficient (Wildman–Crippen LogP) is -0.00540. The molecule has 1 fully saturated rings. The van der Waals surface area contributed by atoms with Gasteiger partial charge in [-0.1, -0.05) is 12.2 Å². The minimum Gasteiger partial charge on any atom is -0.481 e. The normalized spacial score (nSPS) is 40.9. The molecule has 0 spiro atoms. The van der Waals surface area contributed by atoms with Crippen LogP contribution < -0.4 is 5.73 Å². The van der Waals surface area contributed by atoms with Crippen molar-refractivity contribution < 1.29 is 14.7 Å². The molecular formula is C9H11NO3. The standard InChI is InChI=1S/C9H11NO3/c10-8(11)6-4-1-2-5(3-4)7(6)9(12)13/h1-2,4-7H,3H2,(H2,10,11)(H,12,13)/t4-,5+,6+,7+/m1/s1. The van der Waals surface area contributed by atoms with E-state index in [9.17, 15) is 9.59 Å². The molecule has 4 atom stereocenters. The highest BCUT2D eigenvalue weighted by Gasteiger charge is 2.50. The van der Waals surface area contributed by atoms with E-state index in [0.717, 1.165) is 6.42 Å². The van der Waals surface area contributed by atoms with Crippen LogP contribution in [0.2, 0.25) is 0 Å². The summed E-state index contributed by atoms with van der Waals surface area (Å²) in [5, 5.41) is 8.91. The van der Waals surface area contributed by atoms with E-state index < -0.39 is 23.7 Å². The van der Waals surface area contributed by atoms with Crippen molar-refractivity contribution in [2.45, 2.75) is 6.42 Å². The van der Waals surface area contributed by atoms with Crippen LogP contribution in [0.1, 0.15) is 6.42 Å². The summed E-state index contributed by atoms with van der Waals surface area (Å²) in [5.41, 5.74) is 5.18. The molecule has 70 valence electrons. The van der Waals surface area contributed by atoms with E-state index in [2.05, 4.69) is 0 Å². The van der Waals surface area contributed by atoms with E-state index in [1.54, 1.807) is 0 Å². The highest BCUT2D eigenvalue weighted by atomic mass is 16.4. The Kier molecular flexibility index (Phi) is 1.65. The first kappa shape index (κ1) is 8.29. The number of carbonyl (C=O) groups is 2. The Hall–Kier alpha value is -1.32. The van der Waals surface area contributed by atoms with Gasteiger partial charge in [0.15, 0.2) is 0 Å². The van der Waals surface area contributed by atoms with Gasteiger partial charge in [0.1, 0.15) is 0 Å². The summed E-state index contributed by atoms with van der Waals surface area (Å²) < 4.78 is 0. The number of amides is 1. The number of rotatable bonds is 2. The first-order valence-electron chi connectivity index (χ1n) is 4.31. The molecule has 1 saturated carbocycles. The van der Waals surface area contributed by atoms with Crippen LogP contribution in [0.3, 0.4) is 0 Å². The van der Waals surface area contributed by atoms with Gasteiger partial charge in [0, 0.05) is 0 Å². The zero-order chi connectivity index (χ0) is 9.59. The van der Waals surface area contributed by atoms with Crippen LogP contribution >= 0.6 is 0 Å². The number of carboxylic acids is 1. The van der Waals surface area contributed by atoms with Gasteiger partial charge in [-0.25, -0.2) is 0 Å². The monoisotopic (exact) mass is 181 g/mol. The lowest BCUT2D eigenvalue weighted by atomic mass is 9.83. The fraction of sp³-hybridized carbons (Fsp3) is 0.556. The minimum absolute atomic E-state index is 0.0139. The zero-order valence-corrected chi connectivity index (χ0v) is 7.01. The van der Waals surface area contributed by atoms with E-state index in [1.807, 2.05) is 12.2 Å². The molecule has 4 heteroatoms. The predicted molar refractivity (Wildman–Crippen MR) is 44.5 cm³/mol. The molecule has 0 saturated heterocycles. The second kappa shape index (κ2) is 2.58. The Morgan fingerprint density at radius 2 is 1.77 bits per heavy atom. The van der Waals surface area contributed by atoms with Crippen LogP contribution in [0.4, 0.5) is 0 Å². The first-order valence-corrected chi connectivity index (χ1v) is 4.31. The van der Waals surface area contributed by atoms with Crippen molar-refractivity contribution in [3.05, 3.63) is 12.2 Å². The second-order valence-electron chi connectivity index (χ2n) is 3.74. The van der Waals surface area contributed by atoms with E-state index in [1.165, 1.54) is 0 Å². The molecule has 3 N–H and O–H groups in total. The first-order chi connectivity index (χ1) is 6.11. The second-order valence-corrected chi connectivity index (χ2v) is 3.74. The molecule has 1 amide bonds. The summed E-state index contributed by atoms with van der Waals surface area (Å²) in [7, 11) is 0. The summed E-state index contributed by atoms with van der Waals surface area (Å²) in [4.78, 5) is 21.9. The lowest BCUT2D eigenvalue weighted by Gasteiger charge is -2.21. The molecule has 0 heterocycles. The molecule has 4 nitrogen and oxygen atoms in total. The van der Waals surface area contributed by atoms with Gasteiger partial charge in [0.25, 0.3) is 0 Å². The third-order valence-corrected chi connectivity index (χ3v) is 3.07. The Morgan fingerprint density at radius 1 is 1.23 bits per heavy atom. The molecule has 0 aromatic heterocycles. The van der Waals surface area contributed by atoms with Crippen molar-refractivity contribution in [1.82, 2.24) is 0 Å². The maximum atomic E-state index is 11.0. The molecule has 13 heavy (non-hydrogen) atoms. The lowest BCUT2D eigenvalue weighted by Crippen LogP contribution is -2.36. The summed E-state index contributed by atoms with van der Waals surface area (Å²) >= 11 is 0. The molecular weight excluding hydrogens is 170 g/mol. The van der Waals surface area contributed by atoms with Crippen LogP contribution in [0.25, 0.3) is 0 Å². The number of nitrogens with two attached hydrogens (primary N) is 1. The van der Waals surface area contributed by atoms with E-state index in [0.29, 0.717) is 0 Å². The molecule has 0 aromatic rings. The van der Waals surface area contributed by atoms with Crippen LogP contribution in [-0.4, -0.2) is 17.0 Å². The molecule has 2 aliphatic rings. The van der Waals surface area contributed by atoms with Crippen molar-refractivity contribution in [1.29, 1.82) is 0 Å². The van der Waals surface area contributed by atoms with E-state index in [-0.39, 0.29) is 11.8 Å². The largest absolute Gasteiger partial charge is 0.481 e. The van der Waals surface area contributed by atoms with Crippen LogP contribution in [0.15, 0.2) is 12.2 Å². The average Bonchev–Trinajstić information content (AvgIpc) is 2.60. The Labute approximate surface area is 75.4 Å². The van der Waals surface area contributed by atoms with Crippen molar-refractivity contribution in [2.24, 2.45) is 29.4 Å². The zero-order valence-electron chi connectivity index (χ0n) is 7.01. The Morgan fingerprint density at radius 3 is 2.15 bits per heavy atom. The number of fused-ring (bicyclic) bond motifs is 2. The smallest absolute Gasteiger partial charge is 0.307 e. The van der Waals surface area contributed by atoms with Crippen molar-refractivity contribution >= 4 is 11.9 Å². The number of carbonyl (C=O) groups excluding carboxylic acids is 1. The van der Waals surface area contributed by atoms with Crippen molar-refractivity contribution in [2.75, 3.05) is 0 Å². The third-order valence-electron chi connectivity index (χ3n) is 3.07. The van der Waals surface area contributed by atoms with Gasteiger partial charge in [0.2, 0.25) is 5.91 Å². The number of hydrogen-bond donors (Lipinski definition) is 2. The maximum absolute atomic E-state index is 11.0. The van der Waals surface area contributed by atoms with E-state index >= 15 is 0 Å². The molecule has 0 aliphatic heterocycles. The SMILES string of the molecule is NC(=O)[C@@H]1[C@@H](C(=O)O)[C@H]2C=C[C@@H]1C2. The average molecular weight is 181 g/mol. The highest BCUT2D eigenvalue weighted by molar-refractivity contribution is 5.85. The van der Waals surface area contributed by atoms with Crippen molar-refractivity contribution in [3.8, 4) is 0 Å². The summed E-state index contributed by atoms with van der Waals surface area (Å²) in [6, 6.07) is 0. The molecule has 2 aliphatic carbocycles. The highest BCUT2D eigenvalue weighted by Crippen LogP contribution is 2.47. The summed E-state index contributed by atoms with van der Waals surface area (Å²) in [6.45, 7) is 0. The van der Waals surface area contributed by atoms with Gasteiger partial charge in [0.05, 0.1) is 11.8 Å². The van der Waals surface area contributed by atoms with Crippen LogP contribution in [0, 0.1) is 23.7 Å². The molecule has 0 radical (unpaired) electrons. The Bertz CT molecular complexity index is 269. The fourth-order valence-electron chi connectivity index (χ4n) is 2.55. The van der Waals surface area contributed by atoms with Gasteiger partial charge in [-0.3, -0.25) is 9.59 Å². The van der Waals surface area contributed by atoms with Gasteiger partial charge >= 0.3 is 5.97 Å². The fourth-order valence-corrected chi connectivity index (χ4v) is 2.55. The number of allylic oxidation sites excluding steroid dienone is 2. The van der Waals surface area contributed by atoms with Crippen molar-refractivity contribution in [3.63, 3.8) is 0 Å². The molecule has 2 rings (SSSR count). The maximum Gasteiger partial charge on any atom is 0.307 e. The summed E-state index contributed by atoms with van der Waals surface area (Å²) in [5.74, 6) is -2.39. The Balaban J connectivity index is 2.30. The third kappa shape index (κ3) is 1.05. The van der Waals surface area contributed by atoms with Gasteiger partial charge in [-0.05, 0) is 18.3 Å². The molecule has 0 aromatic carbocycles. The molecule has 0 unspecified atom stereocenters. The molecule has 2 bridgehead atoms. The van der Waals surface area contributed by atoms with E-state index in [4.69, 9.17) is 10.8 Å². The number of aliphatic carboxylic acids is 1. The minimum atomic E-state index is -0.902. The number of primary amides is 1. The topological polar surface area (TPSA) is 80.4 Å². The summed E-state index contributed by atoms with van der Waals surface area (Å²) in [6.07, 6.45) is 4.58. The number of hydrogen-bond acceptors (Lipinski definition) is 2.